The van der Waals surface area contributed by atoms with Gasteiger partial charge in [-0.3, -0.25) is 14.6 Å². The molecule has 5 heteroatoms. The second-order valence-corrected chi connectivity index (χ2v) is 8.45. The van der Waals surface area contributed by atoms with Gasteiger partial charge in [-0.2, -0.15) is 0 Å². The lowest BCUT2D eigenvalue weighted by Crippen LogP contribution is -2.54. The highest BCUT2D eigenvalue weighted by Crippen LogP contribution is 2.60. The Bertz CT molecular complexity index is 623. The van der Waals surface area contributed by atoms with Crippen molar-refractivity contribution in [1.82, 2.24) is 15.6 Å². The Labute approximate surface area is 149 Å². The van der Waals surface area contributed by atoms with Gasteiger partial charge in [0.2, 0.25) is 11.8 Å². The molecule has 4 aliphatic carbocycles. The fraction of sp³-hybridized carbons (Fsp3) is 0.650. The number of aromatic nitrogens is 1. The molecule has 0 aromatic carbocycles. The van der Waals surface area contributed by atoms with Gasteiger partial charge in [0.15, 0.2) is 0 Å². The average molecular weight is 341 g/mol. The van der Waals surface area contributed by atoms with Crippen LogP contribution in [0, 0.1) is 23.2 Å². The number of carbonyl (C=O) groups is 2. The summed E-state index contributed by atoms with van der Waals surface area (Å²) in [5, 5.41) is 5.88. The van der Waals surface area contributed by atoms with E-state index in [1.165, 1.54) is 19.3 Å². The number of pyridine rings is 1. The van der Waals surface area contributed by atoms with E-state index in [4.69, 9.17) is 0 Å². The van der Waals surface area contributed by atoms with E-state index >= 15 is 0 Å². The van der Waals surface area contributed by atoms with Crippen LogP contribution in [0.3, 0.4) is 0 Å². The van der Waals surface area contributed by atoms with Crippen molar-refractivity contribution in [2.75, 3.05) is 6.54 Å². The largest absolute Gasteiger partial charge is 0.348 e. The van der Waals surface area contributed by atoms with Crippen molar-refractivity contribution in [3.63, 3.8) is 0 Å². The number of nitrogens with zero attached hydrogens (tertiary/aromatic N) is 1. The summed E-state index contributed by atoms with van der Waals surface area (Å²) in [5.74, 6) is 2.17. The van der Waals surface area contributed by atoms with Crippen LogP contribution < -0.4 is 10.6 Å². The van der Waals surface area contributed by atoms with Gasteiger partial charge < -0.3 is 10.6 Å². The Hall–Kier alpha value is -1.91. The van der Waals surface area contributed by atoms with Crippen LogP contribution in [0.25, 0.3) is 0 Å². The van der Waals surface area contributed by atoms with Crippen molar-refractivity contribution in [2.45, 2.75) is 51.5 Å². The van der Waals surface area contributed by atoms with Crippen molar-refractivity contribution >= 4 is 11.8 Å². The smallest absolute Gasteiger partial charge is 0.239 e. The lowest BCUT2D eigenvalue weighted by molar-refractivity contribution is -0.147. The molecule has 2 N–H and O–H groups in total. The Morgan fingerprint density at radius 3 is 2.24 bits per heavy atom. The average Bonchev–Trinajstić information content (AvgIpc) is 2.59. The van der Waals surface area contributed by atoms with Crippen molar-refractivity contribution in [3.8, 4) is 0 Å². The second kappa shape index (κ2) is 6.43. The number of hydrogen-bond donors (Lipinski definition) is 2. The molecule has 4 aliphatic rings. The van der Waals surface area contributed by atoms with Gasteiger partial charge >= 0.3 is 0 Å². The number of nitrogens with one attached hydrogen (secondary N) is 2. The molecule has 1 aromatic rings. The zero-order chi connectivity index (χ0) is 17.4. The van der Waals surface area contributed by atoms with Crippen molar-refractivity contribution in [1.29, 1.82) is 0 Å². The van der Waals surface area contributed by atoms with Gasteiger partial charge in [-0.05, 0) is 80.9 Å². The second-order valence-electron chi connectivity index (χ2n) is 8.45. The van der Waals surface area contributed by atoms with Crippen molar-refractivity contribution in [2.24, 2.45) is 23.2 Å². The lowest BCUT2D eigenvalue weighted by atomic mass is 9.49. The summed E-state index contributed by atoms with van der Waals surface area (Å²) in [4.78, 5) is 29.1. The zero-order valence-electron chi connectivity index (χ0n) is 14.8. The number of hydrogen-bond acceptors (Lipinski definition) is 3. The van der Waals surface area contributed by atoms with Gasteiger partial charge in [-0.1, -0.05) is 0 Å². The highest BCUT2D eigenvalue weighted by Gasteiger charge is 2.54. The highest BCUT2D eigenvalue weighted by atomic mass is 16.2. The van der Waals surface area contributed by atoms with Crippen LogP contribution in [0.4, 0.5) is 0 Å². The molecule has 4 bridgehead atoms. The Morgan fingerprint density at radius 1 is 1.12 bits per heavy atom. The summed E-state index contributed by atoms with van der Waals surface area (Å²) in [5.41, 5.74) is 0.821. The summed E-state index contributed by atoms with van der Waals surface area (Å²) in [6, 6.07) is 3.68. The zero-order valence-corrected chi connectivity index (χ0v) is 14.8. The first kappa shape index (κ1) is 16.6. The van der Waals surface area contributed by atoms with Crippen LogP contribution in [0.5, 0.6) is 0 Å². The topological polar surface area (TPSA) is 71.1 Å². The molecular weight excluding hydrogens is 314 g/mol. The molecule has 0 unspecified atom stereocenters. The van der Waals surface area contributed by atoms with Crippen LogP contribution in [0.15, 0.2) is 24.5 Å². The highest BCUT2D eigenvalue weighted by molar-refractivity contribution is 5.88. The molecule has 0 radical (unpaired) electrons. The molecule has 4 saturated carbocycles. The van der Waals surface area contributed by atoms with Crippen LogP contribution in [-0.2, 0) is 9.59 Å². The summed E-state index contributed by atoms with van der Waals surface area (Å²) < 4.78 is 0. The number of rotatable bonds is 5. The van der Waals surface area contributed by atoms with Gasteiger partial charge in [0.1, 0.15) is 0 Å². The van der Waals surface area contributed by atoms with E-state index in [-0.39, 0.29) is 29.8 Å². The normalized spacial score (nSPS) is 33.7. The molecular formula is C20H27N3O2. The van der Waals surface area contributed by atoms with E-state index < -0.39 is 0 Å². The minimum absolute atomic E-state index is 0.0655. The van der Waals surface area contributed by atoms with Crippen molar-refractivity contribution < 1.29 is 9.59 Å². The molecule has 134 valence electrons. The number of amides is 2. The lowest BCUT2D eigenvalue weighted by Gasteiger charge is -2.55. The number of carbonyl (C=O) groups excluding carboxylic acids is 2. The summed E-state index contributed by atoms with van der Waals surface area (Å²) in [6.07, 6.45) is 10.5. The molecule has 1 atom stereocenters. The minimum atomic E-state index is -0.189. The molecule has 25 heavy (non-hydrogen) atoms. The van der Waals surface area contributed by atoms with Crippen LogP contribution in [-0.4, -0.2) is 23.3 Å². The van der Waals surface area contributed by atoms with Gasteiger partial charge in [0.05, 0.1) is 12.6 Å². The molecule has 1 heterocycles. The third-order valence-corrected chi connectivity index (χ3v) is 6.51. The van der Waals surface area contributed by atoms with Gasteiger partial charge in [0.25, 0.3) is 0 Å². The van der Waals surface area contributed by atoms with E-state index in [2.05, 4.69) is 15.6 Å². The molecule has 4 fully saturated rings. The van der Waals surface area contributed by atoms with E-state index in [9.17, 15) is 9.59 Å². The van der Waals surface area contributed by atoms with Crippen LogP contribution in [0.2, 0.25) is 0 Å². The first-order chi connectivity index (χ1) is 12.0. The minimum Gasteiger partial charge on any atom is -0.348 e. The van der Waals surface area contributed by atoms with Gasteiger partial charge in [0, 0.05) is 17.8 Å². The summed E-state index contributed by atoms with van der Waals surface area (Å²) >= 11 is 0. The van der Waals surface area contributed by atoms with E-state index in [1.54, 1.807) is 12.4 Å². The first-order valence-corrected chi connectivity index (χ1v) is 9.52. The fourth-order valence-corrected chi connectivity index (χ4v) is 5.76. The predicted octanol–water partition coefficient (Wildman–Crippen LogP) is 2.59. The Balaban J connectivity index is 1.31. The Kier molecular flexibility index (Phi) is 4.26. The molecule has 0 saturated heterocycles. The molecule has 5 nitrogen and oxygen atoms in total. The van der Waals surface area contributed by atoms with Gasteiger partial charge in [-0.15, -0.1) is 0 Å². The Morgan fingerprint density at radius 2 is 1.68 bits per heavy atom. The molecule has 0 aliphatic heterocycles. The fourth-order valence-electron chi connectivity index (χ4n) is 5.76. The van der Waals surface area contributed by atoms with Crippen LogP contribution >= 0.6 is 0 Å². The quantitative estimate of drug-likeness (QED) is 0.865. The van der Waals surface area contributed by atoms with E-state index in [1.807, 2.05) is 19.1 Å². The predicted molar refractivity (Wildman–Crippen MR) is 94.4 cm³/mol. The third-order valence-electron chi connectivity index (χ3n) is 6.51. The van der Waals surface area contributed by atoms with Crippen molar-refractivity contribution in [3.05, 3.63) is 30.1 Å². The monoisotopic (exact) mass is 341 g/mol. The molecule has 5 rings (SSSR count). The first-order valence-electron chi connectivity index (χ1n) is 9.52. The summed E-state index contributed by atoms with van der Waals surface area (Å²) in [7, 11) is 0. The molecule has 2 amide bonds. The van der Waals surface area contributed by atoms with Gasteiger partial charge in [-0.25, -0.2) is 0 Å². The third kappa shape index (κ3) is 3.29. The standard InChI is InChI=1S/C20H27N3O2/c1-13(17-2-4-21-5-3-17)23-18(24)12-22-19(25)20-9-14-6-15(10-20)8-16(7-14)11-20/h2-5,13-16H,6-12H2,1H3,(H,22,25)(H,23,24)/t13-,14?,15?,16?,20?/m1/s1. The van der Waals surface area contributed by atoms with E-state index in [0.29, 0.717) is 0 Å². The maximum absolute atomic E-state index is 12.9. The molecule has 1 aromatic heterocycles. The maximum Gasteiger partial charge on any atom is 0.239 e. The van der Waals surface area contributed by atoms with Crippen LogP contribution in [0.1, 0.15) is 57.1 Å². The van der Waals surface area contributed by atoms with E-state index in [0.717, 1.165) is 42.6 Å². The SMILES string of the molecule is C[C@@H](NC(=O)CNC(=O)C12CC3CC(CC(C3)C1)C2)c1ccncc1. The molecule has 0 spiro atoms. The maximum atomic E-state index is 12.9. The summed E-state index contributed by atoms with van der Waals surface area (Å²) in [6.45, 7) is 2.00.